The highest BCUT2D eigenvalue weighted by Crippen LogP contribution is 2.24. The van der Waals surface area contributed by atoms with Gasteiger partial charge in [0.25, 0.3) is 11.8 Å². The van der Waals surface area contributed by atoms with Crippen LogP contribution in [0.5, 0.6) is 0 Å². The average Bonchev–Trinajstić information content (AvgIpc) is 3.34. The maximum Gasteiger partial charge on any atom is 0.322 e. The largest absolute Gasteiger partial charge is 0.481 e. The number of aliphatic carboxylic acids is 1. The van der Waals surface area contributed by atoms with E-state index >= 15 is 0 Å². The standard InChI is InChI=1S/C25H26F2N4O6/c26-18-5-1-16(2-6-18)20(15-21(32)33)28-22(34)23-30(24(35)17-3-7-19(27)8-4-17)9-10-31(23)25(36)29-11-13-37-14-12-29/h1-8,20,23H,9-15H2,(H,28,34)(H,32,33). The minimum absolute atomic E-state index is 0.0323. The zero-order chi connectivity index (χ0) is 26.5. The van der Waals surface area contributed by atoms with Crippen molar-refractivity contribution in [2.24, 2.45) is 0 Å². The van der Waals surface area contributed by atoms with Crippen LogP contribution in [0.25, 0.3) is 0 Å². The van der Waals surface area contributed by atoms with Crippen LogP contribution >= 0.6 is 0 Å². The summed E-state index contributed by atoms with van der Waals surface area (Å²) in [6.07, 6.45) is -1.89. The molecule has 37 heavy (non-hydrogen) atoms. The number of amides is 4. The lowest BCUT2D eigenvalue weighted by Crippen LogP contribution is -2.57. The van der Waals surface area contributed by atoms with E-state index in [1.165, 1.54) is 39.0 Å². The molecule has 0 saturated carbocycles. The molecule has 2 aromatic rings. The molecule has 12 heteroatoms. The highest BCUT2D eigenvalue weighted by atomic mass is 19.1. The fourth-order valence-corrected chi connectivity index (χ4v) is 4.39. The van der Waals surface area contributed by atoms with Crippen molar-refractivity contribution in [3.05, 3.63) is 71.3 Å². The summed E-state index contributed by atoms with van der Waals surface area (Å²) in [6, 6.07) is 8.29. The number of nitrogens with zero attached hydrogens (tertiary/aromatic N) is 3. The molecule has 0 bridgehead atoms. The molecule has 10 nitrogen and oxygen atoms in total. The van der Waals surface area contributed by atoms with Gasteiger partial charge in [0.15, 0.2) is 6.17 Å². The molecule has 2 N–H and O–H groups in total. The van der Waals surface area contributed by atoms with Crippen molar-refractivity contribution in [2.75, 3.05) is 39.4 Å². The van der Waals surface area contributed by atoms with Gasteiger partial charge in [0, 0.05) is 31.7 Å². The molecule has 2 aromatic carbocycles. The van der Waals surface area contributed by atoms with Crippen molar-refractivity contribution in [3.8, 4) is 0 Å². The van der Waals surface area contributed by atoms with Gasteiger partial charge in [-0.3, -0.25) is 19.3 Å². The lowest BCUT2D eigenvalue weighted by molar-refractivity contribution is -0.138. The number of nitrogens with one attached hydrogen (secondary N) is 1. The highest BCUT2D eigenvalue weighted by molar-refractivity contribution is 5.99. The molecule has 0 radical (unpaired) electrons. The Hall–Kier alpha value is -4.06. The minimum atomic E-state index is -1.38. The summed E-state index contributed by atoms with van der Waals surface area (Å²) >= 11 is 0. The number of carboxylic acids is 1. The van der Waals surface area contributed by atoms with E-state index in [1.54, 1.807) is 0 Å². The number of carbonyl (C=O) groups is 4. The quantitative estimate of drug-likeness (QED) is 0.605. The number of carbonyl (C=O) groups excluding carboxylic acids is 3. The molecule has 2 saturated heterocycles. The van der Waals surface area contributed by atoms with Gasteiger partial charge in [-0.1, -0.05) is 12.1 Å². The van der Waals surface area contributed by atoms with Crippen LogP contribution in [0.1, 0.15) is 28.4 Å². The second-order valence-electron chi connectivity index (χ2n) is 8.67. The summed E-state index contributed by atoms with van der Waals surface area (Å²) in [4.78, 5) is 55.7. The molecule has 2 heterocycles. The molecular formula is C25H26F2N4O6. The molecule has 2 aliphatic rings. The fourth-order valence-electron chi connectivity index (χ4n) is 4.39. The van der Waals surface area contributed by atoms with Gasteiger partial charge in [0.1, 0.15) is 11.6 Å². The molecule has 4 rings (SSSR count). The van der Waals surface area contributed by atoms with Gasteiger partial charge in [-0.05, 0) is 42.0 Å². The predicted octanol–water partition coefficient (Wildman–Crippen LogP) is 1.83. The minimum Gasteiger partial charge on any atom is -0.481 e. The summed E-state index contributed by atoms with van der Waals surface area (Å²) in [7, 11) is 0. The number of halogens is 2. The maximum absolute atomic E-state index is 13.6. The van der Waals surface area contributed by atoms with Crippen LogP contribution in [-0.2, 0) is 14.3 Å². The van der Waals surface area contributed by atoms with Gasteiger partial charge in [-0.15, -0.1) is 0 Å². The molecule has 2 aliphatic heterocycles. The second-order valence-corrected chi connectivity index (χ2v) is 8.67. The summed E-state index contributed by atoms with van der Waals surface area (Å²) in [6.45, 7) is 1.38. The lowest BCUT2D eigenvalue weighted by atomic mass is 10.0. The number of hydrogen-bond donors (Lipinski definition) is 2. The van der Waals surface area contributed by atoms with Crippen LogP contribution in [0.2, 0.25) is 0 Å². The summed E-state index contributed by atoms with van der Waals surface area (Å²) < 4.78 is 32.1. The molecular weight excluding hydrogens is 490 g/mol. The van der Waals surface area contributed by atoms with Crippen LogP contribution in [0.3, 0.4) is 0 Å². The molecule has 2 unspecified atom stereocenters. The number of ether oxygens (including phenoxy) is 1. The number of rotatable bonds is 6. The van der Waals surface area contributed by atoms with Crippen LogP contribution in [0.15, 0.2) is 48.5 Å². The van der Waals surface area contributed by atoms with E-state index in [-0.39, 0.29) is 18.7 Å². The number of urea groups is 1. The van der Waals surface area contributed by atoms with Gasteiger partial charge in [-0.25, -0.2) is 13.6 Å². The van der Waals surface area contributed by atoms with Crippen molar-refractivity contribution < 1.29 is 37.8 Å². The third-order valence-electron chi connectivity index (χ3n) is 6.25. The van der Waals surface area contributed by atoms with Crippen molar-refractivity contribution in [1.82, 2.24) is 20.0 Å². The van der Waals surface area contributed by atoms with Gasteiger partial charge >= 0.3 is 12.0 Å². The van der Waals surface area contributed by atoms with E-state index in [0.29, 0.717) is 31.9 Å². The third kappa shape index (κ3) is 6.02. The van der Waals surface area contributed by atoms with Gasteiger partial charge in [-0.2, -0.15) is 0 Å². The molecule has 4 amide bonds. The number of carboxylic acid groups (broad SMARTS) is 1. The van der Waals surface area contributed by atoms with E-state index in [0.717, 1.165) is 24.3 Å². The van der Waals surface area contributed by atoms with Crippen LogP contribution in [0, 0.1) is 11.6 Å². The number of morpholine rings is 1. The van der Waals surface area contributed by atoms with Gasteiger partial charge in [0.05, 0.1) is 25.7 Å². The SMILES string of the molecule is O=C(O)CC(NC(=O)C1N(C(=O)c2ccc(F)cc2)CCN1C(=O)N1CCOCC1)c1ccc(F)cc1. The van der Waals surface area contributed by atoms with E-state index < -0.39 is 54.1 Å². The monoisotopic (exact) mass is 516 g/mol. The fraction of sp³-hybridized carbons (Fsp3) is 0.360. The van der Waals surface area contributed by atoms with Crippen molar-refractivity contribution in [1.29, 1.82) is 0 Å². The van der Waals surface area contributed by atoms with Crippen LogP contribution in [-0.4, -0.2) is 89.2 Å². The molecule has 0 aliphatic carbocycles. The summed E-state index contributed by atoms with van der Waals surface area (Å²) in [5.41, 5.74) is 0.470. The summed E-state index contributed by atoms with van der Waals surface area (Å²) in [5.74, 6) is -3.63. The third-order valence-corrected chi connectivity index (χ3v) is 6.25. The smallest absolute Gasteiger partial charge is 0.322 e. The topological polar surface area (TPSA) is 119 Å². The Bertz CT molecular complexity index is 1150. The Morgan fingerprint density at radius 1 is 0.892 bits per heavy atom. The Labute approximate surface area is 211 Å². The molecule has 0 aromatic heterocycles. The first-order chi connectivity index (χ1) is 17.7. The molecule has 2 atom stereocenters. The molecule has 196 valence electrons. The number of hydrogen-bond acceptors (Lipinski definition) is 5. The van der Waals surface area contributed by atoms with Crippen molar-refractivity contribution >= 4 is 23.8 Å². The Morgan fingerprint density at radius 2 is 1.46 bits per heavy atom. The average molecular weight is 517 g/mol. The van der Waals surface area contributed by atoms with E-state index in [1.807, 2.05) is 0 Å². The second kappa shape index (κ2) is 11.3. The van der Waals surface area contributed by atoms with Crippen LogP contribution < -0.4 is 5.32 Å². The first kappa shape index (κ1) is 26.0. The lowest BCUT2D eigenvalue weighted by Gasteiger charge is -2.35. The zero-order valence-corrected chi connectivity index (χ0v) is 19.8. The Balaban J connectivity index is 1.63. The van der Waals surface area contributed by atoms with E-state index in [4.69, 9.17) is 4.74 Å². The predicted molar refractivity (Wildman–Crippen MR) is 125 cm³/mol. The van der Waals surface area contributed by atoms with Crippen molar-refractivity contribution in [2.45, 2.75) is 18.6 Å². The first-order valence-electron chi connectivity index (χ1n) is 11.7. The van der Waals surface area contributed by atoms with Gasteiger partial charge in [0.2, 0.25) is 0 Å². The maximum atomic E-state index is 13.6. The molecule has 0 spiro atoms. The summed E-state index contributed by atoms with van der Waals surface area (Å²) in [5, 5.41) is 12.0. The number of benzene rings is 2. The van der Waals surface area contributed by atoms with Crippen LogP contribution in [0.4, 0.5) is 13.6 Å². The normalized spacial score (nSPS) is 18.4. The Kier molecular flexibility index (Phi) is 7.97. The Morgan fingerprint density at radius 3 is 2.05 bits per heavy atom. The first-order valence-corrected chi connectivity index (χ1v) is 11.7. The van der Waals surface area contributed by atoms with E-state index in [2.05, 4.69) is 5.32 Å². The van der Waals surface area contributed by atoms with E-state index in [9.17, 15) is 33.1 Å². The highest BCUT2D eigenvalue weighted by Gasteiger charge is 2.45. The molecule has 2 fully saturated rings. The van der Waals surface area contributed by atoms with Crippen molar-refractivity contribution in [3.63, 3.8) is 0 Å². The van der Waals surface area contributed by atoms with Gasteiger partial charge < -0.3 is 25.0 Å². The zero-order valence-electron chi connectivity index (χ0n) is 19.8.